The third-order valence-corrected chi connectivity index (χ3v) is 4.24. The number of hydrogen-bond acceptors (Lipinski definition) is 2. The maximum atomic E-state index is 12.8. The third kappa shape index (κ3) is 3.41. The molecule has 0 saturated heterocycles. The number of alkyl halides is 4. The lowest BCUT2D eigenvalue weighted by Crippen LogP contribution is -2.06. The highest BCUT2D eigenvalue weighted by atomic mass is 79.9. The average Bonchev–Trinajstić information content (AvgIpc) is 2.85. The highest BCUT2D eigenvalue weighted by Gasteiger charge is 2.31. The van der Waals surface area contributed by atoms with Crippen LogP contribution in [0.5, 0.6) is 0 Å². The summed E-state index contributed by atoms with van der Waals surface area (Å²) in [6.45, 7) is 1.97. The van der Waals surface area contributed by atoms with E-state index < -0.39 is 11.7 Å². The maximum absolute atomic E-state index is 12.8. The fourth-order valence-electron chi connectivity index (χ4n) is 1.63. The molecule has 0 spiro atoms. The van der Waals surface area contributed by atoms with Crippen LogP contribution in [0.1, 0.15) is 29.4 Å². The van der Waals surface area contributed by atoms with Gasteiger partial charge in [-0.25, -0.2) is 4.68 Å². The predicted octanol–water partition coefficient (Wildman–Crippen LogP) is 4.89. The van der Waals surface area contributed by atoms with Gasteiger partial charge in [0.05, 0.1) is 28.0 Å². The molecule has 2 rings (SSSR count). The van der Waals surface area contributed by atoms with E-state index in [9.17, 15) is 13.2 Å². The Morgan fingerprint density at radius 1 is 1.30 bits per heavy atom. The minimum absolute atomic E-state index is 0.0329. The van der Waals surface area contributed by atoms with Crippen LogP contribution in [0.15, 0.2) is 28.9 Å². The Labute approximate surface area is 130 Å². The second-order valence-electron chi connectivity index (χ2n) is 4.16. The first kappa shape index (κ1) is 15.5. The highest BCUT2D eigenvalue weighted by Crippen LogP contribution is 2.33. The summed E-state index contributed by atoms with van der Waals surface area (Å²) >= 11 is 6.51. The number of hydrogen-bond donors (Lipinski definition) is 0. The topological polar surface area (TPSA) is 30.7 Å². The van der Waals surface area contributed by atoms with E-state index in [0.717, 1.165) is 18.6 Å². The van der Waals surface area contributed by atoms with Gasteiger partial charge in [0.1, 0.15) is 0 Å². The van der Waals surface area contributed by atoms with Crippen LogP contribution < -0.4 is 0 Å². The van der Waals surface area contributed by atoms with Gasteiger partial charge in [0.25, 0.3) is 0 Å². The van der Waals surface area contributed by atoms with Crippen LogP contribution >= 0.6 is 31.9 Å². The van der Waals surface area contributed by atoms with Crippen molar-refractivity contribution >= 4 is 31.9 Å². The second-order valence-corrected chi connectivity index (χ2v) is 6.18. The molecule has 2 aromatic rings. The van der Waals surface area contributed by atoms with E-state index in [1.54, 1.807) is 12.3 Å². The van der Waals surface area contributed by atoms with E-state index in [0.29, 0.717) is 15.9 Å². The zero-order valence-electron chi connectivity index (χ0n) is 10.3. The van der Waals surface area contributed by atoms with Crippen molar-refractivity contribution in [1.82, 2.24) is 15.0 Å². The Bertz CT molecular complexity index is 610. The minimum Gasteiger partial charge on any atom is -0.220 e. The van der Waals surface area contributed by atoms with Gasteiger partial charge in [0.15, 0.2) is 0 Å². The summed E-state index contributed by atoms with van der Waals surface area (Å²) in [6, 6.07) is 3.63. The summed E-state index contributed by atoms with van der Waals surface area (Å²) in [7, 11) is 0. The fourth-order valence-corrected chi connectivity index (χ4v) is 2.32. The highest BCUT2D eigenvalue weighted by molar-refractivity contribution is 9.10. The summed E-state index contributed by atoms with van der Waals surface area (Å²) in [4.78, 5) is 0.0329. The van der Waals surface area contributed by atoms with Crippen molar-refractivity contribution in [3.63, 3.8) is 0 Å². The Hall–Kier alpha value is -0.890. The third-order valence-electron chi connectivity index (χ3n) is 2.66. The van der Waals surface area contributed by atoms with Gasteiger partial charge in [0, 0.05) is 4.47 Å². The van der Waals surface area contributed by atoms with Gasteiger partial charge in [-0.2, -0.15) is 13.2 Å². The van der Waals surface area contributed by atoms with Crippen molar-refractivity contribution in [2.45, 2.75) is 24.3 Å². The van der Waals surface area contributed by atoms with Crippen LogP contribution in [-0.4, -0.2) is 15.0 Å². The minimum atomic E-state index is -4.40. The smallest absolute Gasteiger partial charge is 0.220 e. The molecule has 20 heavy (non-hydrogen) atoms. The molecule has 1 aromatic heterocycles. The Balaban J connectivity index is 2.42. The number of nitrogens with zero attached hydrogens (tertiary/aromatic N) is 3. The summed E-state index contributed by atoms with van der Waals surface area (Å²) in [6.07, 6.45) is -1.97. The number of halogens is 5. The molecule has 1 aromatic carbocycles. The lowest BCUT2D eigenvalue weighted by molar-refractivity contribution is -0.137. The Morgan fingerprint density at radius 2 is 2.00 bits per heavy atom. The van der Waals surface area contributed by atoms with Crippen LogP contribution in [0.2, 0.25) is 0 Å². The van der Waals surface area contributed by atoms with Crippen LogP contribution in [0.4, 0.5) is 13.2 Å². The van der Waals surface area contributed by atoms with Crippen LogP contribution in [0.25, 0.3) is 5.69 Å². The lowest BCUT2D eigenvalue weighted by Gasteiger charge is -2.09. The molecule has 0 aliphatic rings. The molecule has 0 amide bonds. The van der Waals surface area contributed by atoms with Crippen molar-refractivity contribution in [2.75, 3.05) is 0 Å². The van der Waals surface area contributed by atoms with Crippen molar-refractivity contribution < 1.29 is 13.2 Å². The van der Waals surface area contributed by atoms with E-state index >= 15 is 0 Å². The maximum Gasteiger partial charge on any atom is 0.416 e. The van der Waals surface area contributed by atoms with E-state index in [1.807, 2.05) is 6.92 Å². The summed E-state index contributed by atoms with van der Waals surface area (Å²) in [5, 5.41) is 7.82. The normalized spacial score (nSPS) is 13.5. The van der Waals surface area contributed by atoms with Gasteiger partial charge in [-0.1, -0.05) is 44.0 Å². The molecular formula is C12H10Br2F3N3. The van der Waals surface area contributed by atoms with Crippen molar-refractivity contribution in [1.29, 1.82) is 0 Å². The van der Waals surface area contributed by atoms with Crippen molar-refractivity contribution in [2.24, 2.45) is 0 Å². The van der Waals surface area contributed by atoms with E-state index in [2.05, 4.69) is 42.2 Å². The van der Waals surface area contributed by atoms with Gasteiger partial charge in [-0.15, -0.1) is 5.10 Å². The lowest BCUT2D eigenvalue weighted by atomic mass is 10.2. The van der Waals surface area contributed by atoms with Crippen molar-refractivity contribution in [3.05, 3.63) is 40.1 Å². The molecule has 0 aliphatic heterocycles. The largest absolute Gasteiger partial charge is 0.416 e. The first-order chi connectivity index (χ1) is 9.31. The van der Waals surface area contributed by atoms with Gasteiger partial charge in [-0.3, -0.25) is 0 Å². The zero-order valence-corrected chi connectivity index (χ0v) is 13.5. The molecule has 108 valence electrons. The van der Waals surface area contributed by atoms with Crippen molar-refractivity contribution in [3.8, 4) is 5.69 Å². The monoisotopic (exact) mass is 411 g/mol. The average molecular weight is 413 g/mol. The molecule has 8 heteroatoms. The molecular weight excluding hydrogens is 403 g/mol. The Kier molecular flexibility index (Phi) is 4.53. The molecule has 0 bridgehead atoms. The molecule has 0 radical (unpaired) electrons. The fraction of sp³-hybridized carbons (Fsp3) is 0.333. The molecule has 0 aliphatic carbocycles. The molecule has 3 nitrogen and oxygen atoms in total. The number of benzene rings is 1. The van der Waals surface area contributed by atoms with Crippen LogP contribution in [0.3, 0.4) is 0 Å². The SMILES string of the molecule is CCC(Br)c1cn(-c2cc(Br)cc(C(F)(F)F)c2)nn1. The Morgan fingerprint density at radius 3 is 2.60 bits per heavy atom. The first-order valence-corrected chi connectivity index (χ1v) is 7.46. The summed E-state index contributed by atoms with van der Waals surface area (Å²) in [5.74, 6) is 0. The number of rotatable bonds is 3. The first-order valence-electron chi connectivity index (χ1n) is 5.75. The number of aromatic nitrogens is 3. The van der Waals surface area contributed by atoms with Crippen LogP contribution in [0, 0.1) is 0 Å². The van der Waals surface area contributed by atoms with Crippen LogP contribution in [-0.2, 0) is 6.18 Å². The molecule has 1 unspecified atom stereocenters. The molecule has 0 N–H and O–H groups in total. The van der Waals surface area contributed by atoms with E-state index in [4.69, 9.17) is 0 Å². The van der Waals surface area contributed by atoms with E-state index in [1.165, 1.54) is 4.68 Å². The second kappa shape index (κ2) is 5.85. The predicted molar refractivity (Wildman–Crippen MR) is 76.0 cm³/mol. The van der Waals surface area contributed by atoms with E-state index in [-0.39, 0.29) is 4.83 Å². The van der Waals surface area contributed by atoms with Gasteiger partial charge in [0.2, 0.25) is 0 Å². The quantitative estimate of drug-likeness (QED) is 0.671. The zero-order chi connectivity index (χ0) is 14.9. The standard InChI is InChI=1S/C12H10Br2F3N3/c1-2-10(14)11-6-20(19-18-11)9-4-7(12(15,16)17)3-8(13)5-9/h3-6,10H,2H2,1H3. The molecule has 1 atom stereocenters. The van der Waals surface area contributed by atoms with Gasteiger partial charge in [-0.05, 0) is 24.6 Å². The van der Waals surface area contributed by atoms with Gasteiger partial charge < -0.3 is 0 Å². The summed E-state index contributed by atoms with van der Waals surface area (Å²) in [5.41, 5.74) is 0.257. The summed E-state index contributed by atoms with van der Waals surface area (Å²) < 4.78 is 40.0. The molecule has 0 saturated carbocycles. The molecule has 1 heterocycles. The molecule has 0 fully saturated rings. The van der Waals surface area contributed by atoms with Gasteiger partial charge >= 0.3 is 6.18 Å².